The van der Waals surface area contributed by atoms with Gasteiger partial charge in [-0.1, -0.05) is 24.1 Å². The largest absolute Gasteiger partial charge is 0.493 e. The number of nitrogens with one attached hydrogen (secondary N) is 1. The molecular weight excluding hydrogens is 370 g/mol. The van der Waals surface area contributed by atoms with Crippen LogP contribution < -0.4 is 19.5 Å². The van der Waals surface area contributed by atoms with Gasteiger partial charge in [0.15, 0.2) is 11.5 Å². The van der Waals surface area contributed by atoms with Gasteiger partial charge in [0.1, 0.15) is 12.4 Å². The predicted molar refractivity (Wildman–Crippen MR) is 98.6 cm³/mol. The second-order valence-corrected chi connectivity index (χ2v) is 5.87. The smallest absolute Gasteiger partial charge is 0.174 e. The van der Waals surface area contributed by atoms with Crippen molar-refractivity contribution in [3.05, 3.63) is 52.0 Å². The zero-order chi connectivity index (χ0) is 17.4. The van der Waals surface area contributed by atoms with E-state index in [1.807, 2.05) is 36.4 Å². The Bertz CT molecular complexity index is 725. The zero-order valence-electron chi connectivity index (χ0n) is 13.8. The fourth-order valence-corrected chi connectivity index (χ4v) is 2.98. The summed E-state index contributed by atoms with van der Waals surface area (Å²) in [6.07, 6.45) is 5.25. The molecule has 126 valence electrons. The van der Waals surface area contributed by atoms with Crippen molar-refractivity contribution < 1.29 is 14.2 Å². The van der Waals surface area contributed by atoms with Crippen LogP contribution >= 0.6 is 15.9 Å². The summed E-state index contributed by atoms with van der Waals surface area (Å²) in [7, 11) is 3.24. The Morgan fingerprint density at radius 3 is 2.58 bits per heavy atom. The van der Waals surface area contributed by atoms with Crippen LogP contribution in [0.1, 0.15) is 11.1 Å². The average Bonchev–Trinajstić information content (AvgIpc) is 2.60. The number of para-hydroxylation sites is 1. The van der Waals surface area contributed by atoms with Crippen molar-refractivity contribution in [2.45, 2.75) is 13.1 Å². The molecule has 4 nitrogen and oxygen atoms in total. The lowest BCUT2D eigenvalue weighted by Crippen LogP contribution is -2.14. The van der Waals surface area contributed by atoms with Crippen LogP contribution in [-0.2, 0) is 13.1 Å². The van der Waals surface area contributed by atoms with Gasteiger partial charge in [-0.3, -0.25) is 0 Å². The molecule has 0 bridgehead atoms. The molecule has 0 heterocycles. The van der Waals surface area contributed by atoms with Gasteiger partial charge in [0.05, 0.1) is 18.7 Å². The average molecular weight is 390 g/mol. The van der Waals surface area contributed by atoms with E-state index in [9.17, 15) is 0 Å². The Kier molecular flexibility index (Phi) is 6.98. The standard InChI is InChI=1S/C19H20BrNO3/c1-4-9-24-17-8-6-5-7-15(17)13-21-12-14-10-16(20)19(23-3)18(11-14)22-2/h1,5-8,10-11,21H,9,12-13H2,2-3H3. The molecule has 0 atom stereocenters. The van der Waals surface area contributed by atoms with Gasteiger partial charge in [0, 0.05) is 18.7 Å². The summed E-state index contributed by atoms with van der Waals surface area (Å²) in [6, 6.07) is 11.8. The first-order chi connectivity index (χ1) is 11.7. The maximum absolute atomic E-state index is 5.55. The molecule has 0 saturated heterocycles. The second-order valence-electron chi connectivity index (χ2n) is 5.02. The maximum atomic E-state index is 5.55. The van der Waals surface area contributed by atoms with Crippen LogP contribution in [0.5, 0.6) is 17.2 Å². The van der Waals surface area contributed by atoms with Gasteiger partial charge < -0.3 is 19.5 Å². The Balaban J connectivity index is 2.02. The minimum absolute atomic E-state index is 0.264. The van der Waals surface area contributed by atoms with Crippen LogP contribution in [0.2, 0.25) is 0 Å². The van der Waals surface area contributed by atoms with Crippen molar-refractivity contribution >= 4 is 15.9 Å². The van der Waals surface area contributed by atoms with E-state index in [1.165, 1.54) is 0 Å². The van der Waals surface area contributed by atoms with Gasteiger partial charge in [-0.25, -0.2) is 0 Å². The van der Waals surface area contributed by atoms with Gasteiger partial charge in [-0.05, 0) is 39.7 Å². The summed E-state index contributed by atoms with van der Waals surface area (Å²) in [5.74, 6) is 4.67. The molecule has 2 aromatic rings. The summed E-state index contributed by atoms with van der Waals surface area (Å²) >= 11 is 3.50. The first-order valence-electron chi connectivity index (χ1n) is 7.45. The van der Waals surface area contributed by atoms with Crippen LogP contribution in [0.3, 0.4) is 0 Å². The zero-order valence-corrected chi connectivity index (χ0v) is 15.4. The van der Waals surface area contributed by atoms with Gasteiger partial charge in [-0.15, -0.1) is 6.42 Å². The third kappa shape index (κ3) is 4.67. The van der Waals surface area contributed by atoms with Crippen LogP contribution in [0.25, 0.3) is 0 Å². The highest BCUT2D eigenvalue weighted by atomic mass is 79.9. The lowest BCUT2D eigenvalue weighted by atomic mass is 10.1. The molecule has 5 heteroatoms. The Labute approximate surface area is 151 Å². The van der Waals surface area contributed by atoms with Crippen LogP contribution in [0.4, 0.5) is 0 Å². The third-order valence-corrected chi connectivity index (χ3v) is 4.01. The number of benzene rings is 2. The first kappa shape index (κ1) is 18.2. The number of rotatable bonds is 8. The molecule has 0 saturated carbocycles. The molecule has 0 spiro atoms. The van der Waals surface area contributed by atoms with Gasteiger partial charge in [-0.2, -0.15) is 0 Å². The Hall–Kier alpha value is -2.16. The monoisotopic (exact) mass is 389 g/mol. The fraction of sp³-hybridized carbons (Fsp3) is 0.263. The molecule has 0 aliphatic rings. The normalized spacial score (nSPS) is 10.1. The van der Waals surface area contributed by atoms with Gasteiger partial charge in [0.2, 0.25) is 0 Å². The number of halogens is 1. The van der Waals surface area contributed by atoms with Crippen molar-refractivity contribution in [2.24, 2.45) is 0 Å². The number of hydrogen-bond donors (Lipinski definition) is 1. The number of hydrogen-bond acceptors (Lipinski definition) is 4. The topological polar surface area (TPSA) is 39.7 Å². The molecule has 0 aromatic heterocycles. The number of terminal acetylenes is 1. The predicted octanol–water partition coefficient (Wildman–Crippen LogP) is 3.77. The SMILES string of the molecule is C#CCOc1ccccc1CNCc1cc(Br)c(OC)c(OC)c1. The van der Waals surface area contributed by atoms with Crippen molar-refractivity contribution in [1.29, 1.82) is 0 Å². The maximum Gasteiger partial charge on any atom is 0.174 e. The van der Waals surface area contributed by atoms with Crippen LogP contribution in [-0.4, -0.2) is 20.8 Å². The van der Waals surface area contributed by atoms with Gasteiger partial charge >= 0.3 is 0 Å². The molecule has 24 heavy (non-hydrogen) atoms. The van der Waals surface area contributed by atoms with E-state index in [4.69, 9.17) is 20.6 Å². The Morgan fingerprint density at radius 1 is 1.08 bits per heavy atom. The molecule has 0 amide bonds. The summed E-state index contributed by atoms with van der Waals surface area (Å²) in [5.41, 5.74) is 2.15. The van der Waals surface area contributed by atoms with Crippen molar-refractivity contribution in [1.82, 2.24) is 5.32 Å². The molecule has 2 rings (SSSR count). The number of ether oxygens (including phenoxy) is 3. The lowest BCUT2D eigenvalue weighted by Gasteiger charge is -2.13. The minimum Gasteiger partial charge on any atom is -0.493 e. The molecular formula is C19H20BrNO3. The molecule has 1 N–H and O–H groups in total. The van der Waals surface area contributed by atoms with Crippen LogP contribution in [0.15, 0.2) is 40.9 Å². The van der Waals surface area contributed by atoms with E-state index in [1.54, 1.807) is 14.2 Å². The number of methoxy groups -OCH3 is 2. The van der Waals surface area contributed by atoms with Gasteiger partial charge in [0.25, 0.3) is 0 Å². The summed E-state index contributed by atoms with van der Waals surface area (Å²) in [4.78, 5) is 0. The highest BCUT2D eigenvalue weighted by Gasteiger charge is 2.10. The molecule has 0 aliphatic carbocycles. The fourth-order valence-electron chi connectivity index (χ4n) is 2.32. The molecule has 0 unspecified atom stereocenters. The van der Waals surface area contributed by atoms with E-state index >= 15 is 0 Å². The minimum atomic E-state index is 0.264. The van der Waals surface area contributed by atoms with E-state index in [-0.39, 0.29) is 6.61 Å². The summed E-state index contributed by atoms with van der Waals surface area (Å²) in [6.45, 7) is 1.62. The lowest BCUT2D eigenvalue weighted by molar-refractivity contribution is 0.352. The van der Waals surface area contributed by atoms with Crippen molar-refractivity contribution in [3.8, 4) is 29.6 Å². The third-order valence-electron chi connectivity index (χ3n) is 3.42. The quantitative estimate of drug-likeness (QED) is 0.697. The summed E-state index contributed by atoms with van der Waals surface area (Å²) in [5, 5.41) is 3.40. The molecule has 2 aromatic carbocycles. The molecule has 0 aliphatic heterocycles. The Morgan fingerprint density at radius 2 is 1.88 bits per heavy atom. The van der Waals surface area contributed by atoms with Crippen molar-refractivity contribution in [3.63, 3.8) is 0 Å². The van der Waals surface area contributed by atoms with E-state index in [0.717, 1.165) is 21.3 Å². The first-order valence-corrected chi connectivity index (χ1v) is 8.24. The van der Waals surface area contributed by atoms with Crippen molar-refractivity contribution in [2.75, 3.05) is 20.8 Å². The van der Waals surface area contributed by atoms with E-state index in [0.29, 0.717) is 24.6 Å². The highest BCUT2D eigenvalue weighted by molar-refractivity contribution is 9.10. The molecule has 0 fully saturated rings. The summed E-state index contributed by atoms with van der Waals surface area (Å²) < 4.78 is 17.1. The van der Waals surface area contributed by atoms with E-state index < -0.39 is 0 Å². The molecule has 0 radical (unpaired) electrons. The highest BCUT2D eigenvalue weighted by Crippen LogP contribution is 2.36. The van der Waals surface area contributed by atoms with Crippen LogP contribution in [0, 0.1) is 12.3 Å². The van der Waals surface area contributed by atoms with E-state index in [2.05, 4.69) is 27.2 Å². The second kappa shape index (κ2) is 9.21.